The highest BCUT2D eigenvalue weighted by atomic mass is 14.9. The molecule has 1 aliphatic heterocycles. The lowest BCUT2D eigenvalue weighted by molar-refractivity contribution is 0.579. The number of para-hydroxylation sites is 1. The molecule has 2 nitrogen and oxygen atoms in total. The number of nitrogens with one attached hydrogen (secondary N) is 1. The normalized spacial score (nSPS) is 17.9. The number of hydrogen-bond acceptors (Lipinski definition) is 2. The van der Waals surface area contributed by atoms with E-state index in [1.54, 1.807) is 0 Å². The molecule has 0 bridgehead atoms. The minimum Gasteiger partial charge on any atom is -0.385 e. The summed E-state index contributed by atoms with van der Waals surface area (Å²) in [6.07, 6.45) is 7.36. The number of aryl methyl sites for hydroxylation is 1. The van der Waals surface area contributed by atoms with Gasteiger partial charge in [-0.3, -0.25) is 4.98 Å². The highest BCUT2D eigenvalue weighted by Crippen LogP contribution is 2.34. The Morgan fingerprint density at radius 3 is 2.83 bits per heavy atom. The topological polar surface area (TPSA) is 24.9 Å². The summed E-state index contributed by atoms with van der Waals surface area (Å²) in [5.41, 5.74) is 4.20. The molecule has 92 valence electrons. The molecule has 2 aromatic rings. The van der Waals surface area contributed by atoms with E-state index in [-0.39, 0.29) is 0 Å². The fraction of sp³-hybridized carbons (Fsp3) is 0.312. The maximum absolute atomic E-state index is 4.07. The van der Waals surface area contributed by atoms with Crippen LogP contribution in [0.1, 0.15) is 29.9 Å². The van der Waals surface area contributed by atoms with Crippen molar-refractivity contribution in [3.05, 3.63) is 59.9 Å². The van der Waals surface area contributed by atoms with Crippen molar-refractivity contribution in [2.24, 2.45) is 0 Å². The van der Waals surface area contributed by atoms with Gasteiger partial charge in [-0.2, -0.15) is 0 Å². The van der Waals surface area contributed by atoms with Gasteiger partial charge in [0.05, 0.1) is 0 Å². The number of hydrogen-bond donors (Lipinski definition) is 1. The van der Waals surface area contributed by atoms with Crippen molar-refractivity contribution in [2.45, 2.75) is 25.2 Å². The van der Waals surface area contributed by atoms with E-state index in [1.807, 2.05) is 12.4 Å². The van der Waals surface area contributed by atoms with E-state index in [0.717, 1.165) is 13.0 Å². The molecule has 0 saturated heterocycles. The number of nitrogens with zero attached hydrogens (tertiary/aromatic N) is 1. The van der Waals surface area contributed by atoms with E-state index in [0.29, 0.717) is 5.92 Å². The fourth-order valence-electron chi connectivity index (χ4n) is 2.74. The van der Waals surface area contributed by atoms with Gasteiger partial charge in [0.15, 0.2) is 0 Å². The molecule has 0 saturated carbocycles. The van der Waals surface area contributed by atoms with Crippen LogP contribution in [-0.4, -0.2) is 11.5 Å². The van der Waals surface area contributed by atoms with E-state index in [2.05, 4.69) is 46.7 Å². The van der Waals surface area contributed by atoms with Crippen LogP contribution in [0.15, 0.2) is 48.8 Å². The van der Waals surface area contributed by atoms with Gasteiger partial charge in [-0.05, 0) is 54.5 Å². The SMILES string of the molecule is c1ccc2c(c1)NCCC2CCc1ccncc1. The predicted molar refractivity (Wildman–Crippen MR) is 74.8 cm³/mol. The molecule has 1 N–H and O–H groups in total. The number of fused-ring (bicyclic) bond motifs is 1. The minimum atomic E-state index is 0.690. The Bertz CT molecular complexity index is 508. The summed E-state index contributed by atoms with van der Waals surface area (Å²) in [5.74, 6) is 0.690. The van der Waals surface area contributed by atoms with E-state index in [1.165, 1.54) is 29.7 Å². The molecule has 0 spiro atoms. The van der Waals surface area contributed by atoms with Gasteiger partial charge in [0.25, 0.3) is 0 Å². The average Bonchev–Trinajstić information content (AvgIpc) is 2.46. The van der Waals surface area contributed by atoms with Gasteiger partial charge >= 0.3 is 0 Å². The van der Waals surface area contributed by atoms with E-state index < -0.39 is 0 Å². The summed E-state index contributed by atoms with van der Waals surface area (Å²) in [4.78, 5) is 4.07. The number of rotatable bonds is 3. The first-order chi connectivity index (χ1) is 8.93. The van der Waals surface area contributed by atoms with Gasteiger partial charge in [-0.1, -0.05) is 18.2 Å². The average molecular weight is 238 g/mol. The third kappa shape index (κ3) is 2.37. The lowest BCUT2D eigenvalue weighted by atomic mass is 9.86. The lowest BCUT2D eigenvalue weighted by Gasteiger charge is -2.26. The van der Waals surface area contributed by atoms with Crippen molar-refractivity contribution >= 4 is 5.69 Å². The van der Waals surface area contributed by atoms with Crippen molar-refractivity contribution in [1.82, 2.24) is 4.98 Å². The highest BCUT2D eigenvalue weighted by molar-refractivity contribution is 5.54. The quantitative estimate of drug-likeness (QED) is 0.883. The Labute approximate surface area is 108 Å². The molecule has 1 atom stereocenters. The molecule has 1 aromatic heterocycles. The summed E-state index contributed by atoms with van der Waals surface area (Å²) in [6, 6.07) is 12.9. The Balaban J connectivity index is 1.71. The molecule has 2 heterocycles. The molecular formula is C16H18N2. The number of pyridine rings is 1. The standard InChI is InChI=1S/C16H18N2/c1-2-4-16-15(3-1)14(9-12-18-16)6-5-13-7-10-17-11-8-13/h1-4,7-8,10-11,14,18H,5-6,9,12H2. The number of anilines is 1. The van der Waals surface area contributed by atoms with Crippen LogP contribution < -0.4 is 5.32 Å². The molecule has 3 rings (SSSR count). The molecule has 0 aliphatic carbocycles. The second-order valence-corrected chi connectivity index (χ2v) is 4.89. The predicted octanol–water partition coefficient (Wildman–Crippen LogP) is 3.61. The smallest absolute Gasteiger partial charge is 0.0375 e. The molecule has 0 amide bonds. The van der Waals surface area contributed by atoms with Crippen molar-refractivity contribution in [3.63, 3.8) is 0 Å². The summed E-state index contributed by atoms with van der Waals surface area (Å²) in [7, 11) is 0. The molecule has 1 unspecified atom stereocenters. The number of benzene rings is 1. The molecular weight excluding hydrogens is 220 g/mol. The highest BCUT2D eigenvalue weighted by Gasteiger charge is 2.18. The Morgan fingerprint density at radius 1 is 1.11 bits per heavy atom. The van der Waals surface area contributed by atoms with Gasteiger partial charge in [-0.25, -0.2) is 0 Å². The van der Waals surface area contributed by atoms with Crippen molar-refractivity contribution in [2.75, 3.05) is 11.9 Å². The Hall–Kier alpha value is -1.83. The van der Waals surface area contributed by atoms with Crippen LogP contribution in [0.2, 0.25) is 0 Å². The lowest BCUT2D eigenvalue weighted by Crippen LogP contribution is -2.17. The van der Waals surface area contributed by atoms with Gasteiger partial charge in [0.2, 0.25) is 0 Å². The first-order valence-electron chi connectivity index (χ1n) is 6.65. The monoisotopic (exact) mass is 238 g/mol. The van der Waals surface area contributed by atoms with Crippen LogP contribution in [0, 0.1) is 0 Å². The molecule has 0 fully saturated rings. The van der Waals surface area contributed by atoms with Gasteiger partial charge in [0, 0.05) is 24.6 Å². The van der Waals surface area contributed by atoms with Gasteiger partial charge in [0.1, 0.15) is 0 Å². The maximum Gasteiger partial charge on any atom is 0.0375 e. The van der Waals surface area contributed by atoms with Crippen molar-refractivity contribution in [1.29, 1.82) is 0 Å². The van der Waals surface area contributed by atoms with Crippen LogP contribution in [0.5, 0.6) is 0 Å². The zero-order chi connectivity index (χ0) is 12.2. The molecule has 1 aromatic carbocycles. The molecule has 0 radical (unpaired) electrons. The van der Waals surface area contributed by atoms with Crippen LogP contribution in [0.3, 0.4) is 0 Å². The zero-order valence-corrected chi connectivity index (χ0v) is 10.5. The zero-order valence-electron chi connectivity index (χ0n) is 10.5. The summed E-state index contributed by atoms with van der Waals surface area (Å²) in [6.45, 7) is 1.10. The fourth-order valence-corrected chi connectivity index (χ4v) is 2.74. The van der Waals surface area contributed by atoms with Crippen LogP contribution >= 0.6 is 0 Å². The van der Waals surface area contributed by atoms with Crippen LogP contribution in [-0.2, 0) is 6.42 Å². The third-order valence-electron chi connectivity index (χ3n) is 3.74. The van der Waals surface area contributed by atoms with E-state index in [9.17, 15) is 0 Å². The molecule has 18 heavy (non-hydrogen) atoms. The summed E-state index contributed by atoms with van der Waals surface area (Å²) in [5, 5.41) is 3.48. The van der Waals surface area contributed by atoms with Crippen LogP contribution in [0.4, 0.5) is 5.69 Å². The van der Waals surface area contributed by atoms with Crippen molar-refractivity contribution < 1.29 is 0 Å². The molecule has 2 heteroatoms. The van der Waals surface area contributed by atoms with E-state index in [4.69, 9.17) is 0 Å². The van der Waals surface area contributed by atoms with E-state index >= 15 is 0 Å². The van der Waals surface area contributed by atoms with Gasteiger partial charge < -0.3 is 5.32 Å². The second-order valence-electron chi connectivity index (χ2n) is 4.89. The summed E-state index contributed by atoms with van der Waals surface area (Å²) < 4.78 is 0. The Morgan fingerprint density at radius 2 is 1.94 bits per heavy atom. The number of aromatic nitrogens is 1. The Kier molecular flexibility index (Phi) is 3.26. The first-order valence-corrected chi connectivity index (χ1v) is 6.65. The largest absolute Gasteiger partial charge is 0.385 e. The van der Waals surface area contributed by atoms with Crippen molar-refractivity contribution in [3.8, 4) is 0 Å². The second kappa shape index (κ2) is 5.21. The minimum absolute atomic E-state index is 0.690. The first kappa shape index (κ1) is 11.3. The molecule has 1 aliphatic rings. The third-order valence-corrected chi connectivity index (χ3v) is 3.74. The van der Waals surface area contributed by atoms with Crippen LogP contribution in [0.25, 0.3) is 0 Å². The summed E-state index contributed by atoms with van der Waals surface area (Å²) >= 11 is 0. The maximum atomic E-state index is 4.07. The van der Waals surface area contributed by atoms with Gasteiger partial charge in [-0.15, -0.1) is 0 Å².